The van der Waals surface area contributed by atoms with Crippen LogP contribution in [0.15, 0.2) is 12.3 Å². The standard InChI is InChI=1S/C13H23N3OS/c1-3-13(4-2)16-6-5-12(15-16)10-18(17)9-11-7-14-8-11/h5-6,11,13-14H,3-4,7-10H2,1-2H3. The average Bonchev–Trinajstić information content (AvgIpc) is 2.74. The third-order valence-corrected chi connectivity index (χ3v) is 5.04. The van der Waals surface area contributed by atoms with Gasteiger partial charge in [0.1, 0.15) is 0 Å². The Bertz CT molecular complexity index is 397. The molecule has 0 amide bonds. The first-order valence-electron chi connectivity index (χ1n) is 6.82. The lowest BCUT2D eigenvalue weighted by Gasteiger charge is -2.26. The molecule has 0 bridgehead atoms. The van der Waals surface area contributed by atoms with Crippen molar-refractivity contribution in [2.24, 2.45) is 5.92 Å². The molecule has 0 radical (unpaired) electrons. The maximum absolute atomic E-state index is 12.0. The summed E-state index contributed by atoms with van der Waals surface area (Å²) in [5.74, 6) is 2.01. The van der Waals surface area contributed by atoms with Crippen LogP contribution >= 0.6 is 0 Å². The van der Waals surface area contributed by atoms with Crippen LogP contribution in [0.3, 0.4) is 0 Å². The van der Waals surface area contributed by atoms with Crippen LogP contribution in [-0.4, -0.2) is 32.8 Å². The normalized spacial score (nSPS) is 17.9. The van der Waals surface area contributed by atoms with Crippen LogP contribution in [0.4, 0.5) is 0 Å². The van der Waals surface area contributed by atoms with Crippen molar-refractivity contribution < 1.29 is 4.21 Å². The number of rotatable bonds is 7. The van der Waals surface area contributed by atoms with E-state index >= 15 is 0 Å². The summed E-state index contributed by atoms with van der Waals surface area (Å²) in [6.45, 7) is 6.40. The van der Waals surface area contributed by atoms with Crippen molar-refractivity contribution in [3.8, 4) is 0 Å². The van der Waals surface area contributed by atoms with E-state index in [0.29, 0.717) is 17.7 Å². The highest BCUT2D eigenvalue weighted by Gasteiger charge is 2.20. The molecule has 1 aliphatic rings. The van der Waals surface area contributed by atoms with Crippen LogP contribution in [0.25, 0.3) is 0 Å². The summed E-state index contributed by atoms with van der Waals surface area (Å²) < 4.78 is 14.0. The topological polar surface area (TPSA) is 46.9 Å². The summed E-state index contributed by atoms with van der Waals surface area (Å²) in [6.07, 6.45) is 4.21. The third kappa shape index (κ3) is 3.42. The molecule has 1 N–H and O–H groups in total. The summed E-state index contributed by atoms with van der Waals surface area (Å²) in [7, 11) is -0.769. The summed E-state index contributed by atoms with van der Waals surface area (Å²) in [5, 5.41) is 7.76. The number of nitrogens with one attached hydrogen (secondary N) is 1. The highest BCUT2D eigenvalue weighted by molar-refractivity contribution is 7.84. The Morgan fingerprint density at radius 1 is 1.50 bits per heavy atom. The molecular formula is C13H23N3OS. The molecule has 2 rings (SSSR count). The molecule has 1 saturated heterocycles. The van der Waals surface area contributed by atoms with Gasteiger partial charge in [0.2, 0.25) is 0 Å². The lowest BCUT2D eigenvalue weighted by Crippen LogP contribution is -2.44. The molecule has 0 aliphatic carbocycles. The van der Waals surface area contributed by atoms with Gasteiger partial charge in [-0.1, -0.05) is 13.8 Å². The van der Waals surface area contributed by atoms with Crippen molar-refractivity contribution >= 4 is 10.8 Å². The minimum Gasteiger partial charge on any atom is -0.316 e. The SMILES string of the molecule is CCC(CC)n1ccc(CS(=O)CC2CNC2)n1. The average molecular weight is 269 g/mol. The maximum Gasteiger partial charge on any atom is 0.0749 e. The molecular weight excluding hydrogens is 246 g/mol. The molecule has 4 nitrogen and oxygen atoms in total. The van der Waals surface area contributed by atoms with Gasteiger partial charge in [-0.15, -0.1) is 0 Å². The summed E-state index contributed by atoms with van der Waals surface area (Å²) in [6, 6.07) is 2.48. The predicted octanol–water partition coefficient (Wildman–Crippen LogP) is 1.71. The lowest BCUT2D eigenvalue weighted by molar-refractivity contribution is 0.382. The Hall–Kier alpha value is -0.680. The van der Waals surface area contributed by atoms with Crippen molar-refractivity contribution in [1.29, 1.82) is 0 Å². The van der Waals surface area contributed by atoms with Crippen molar-refractivity contribution in [3.63, 3.8) is 0 Å². The fraction of sp³-hybridized carbons (Fsp3) is 0.769. The third-order valence-electron chi connectivity index (χ3n) is 3.58. The van der Waals surface area contributed by atoms with Gasteiger partial charge in [-0.05, 0) is 24.8 Å². The van der Waals surface area contributed by atoms with Crippen molar-refractivity contribution in [3.05, 3.63) is 18.0 Å². The molecule has 0 saturated carbocycles. The van der Waals surface area contributed by atoms with E-state index in [2.05, 4.69) is 24.3 Å². The van der Waals surface area contributed by atoms with Gasteiger partial charge in [0, 0.05) is 35.8 Å². The molecule has 0 spiro atoms. The second-order valence-electron chi connectivity index (χ2n) is 5.03. The number of hydrogen-bond acceptors (Lipinski definition) is 3. The van der Waals surface area contributed by atoms with E-state index in [-0.39, 0.29) is 0 Å². The Morgan fingerprint density at radius 2 is 2.22 bits per heavy atom. The van der Waals surface area contributed by atoms with Crippen LogP contribution in [0.1, 0.15) is 38.4 Å². The minimum atomic E-state index is -0.769. The molecule has 102 valence electrons. The Labute approximate surface area is 112 Å². The van der Waals surface area contributed by atoms with Crippen molar-refractivity contribution in [1.82, 2.24) is 15.1 Å². The molecule has 2 heterocycles. The van der Waals surface area contributed by atoms with Gasteiger partial charge >= 0.3 is 0 Å². The number of nitrogens with zero attached hydrogens (tertiary/aromatic N) is 2. The monoisotopic (exact) mass is 269 g/mol. The fourth-order valence-corrected chi connectivity index (χ4v) is 3.64. The minimum absolute atomic E-state index is 0.475. The maximum atomic E-state index is 12.0. The zero-order valence-corrected chi connectivity index (χ0v) is 12.1. The molecule has 1 fully saturated rings. The van der Waals surface area contributed by atoms with Crippen LogP contribution in [-0.2, 0) is 16.6 Å². The first kappa shape index (κ1) is 13.7. The van der Waals surface area contributed by atoms with Crippen LogP contribution in [0.5, 0.6) is 0 Å². The smallest absolute Gasteiger partial charge is 0.0749 e. The molecule has 1 aromatic rings. The summed E-state index contributed by atoms with van der Waals surface area (Å²) in [4.78, 5) is 0. The van der Waals surface area contributed by atoms with Crippen molar-refractivity contribution in [2.45, 2.75) is 38.5 Å². The van der Waals surface area contributed by atoms with Crippen LogP contribution in [0.2, 0.25) is 0 Å². The second kappa shape index (κ2) is 6.48. The van der Waals surface area contributed by atoms with E-state index in [1.165, 1.54) is 0 Å². The highest BCUT2D eigenvalue weighted by atomic mass is 32.2. The molecule has 1 unspecified atom stereocenters. The van der Waals surface area contributed by atoms with E-state index in [1.807, 2.05) is 16.9 Å². The number of aromatic nitrogens is 2. The quantitative estimate of drug-likeness (QED) is 0.820. The van der Waals surface area contributed by atoms with E-state index in [4.69, 9.17) is 0 Å². The molecule has 1 aromatic heterocycles. The molecule has 18 heavy (non-hydrogen) atoms. The zero-order valence-electron chi connectivity index (χ0n) is 11.3. The van der Waals surface area contributed by atoms with Gasteiger partial charge in [0.25, 0.3) is 0 Å². The van der Waals surface area contributed by atoms with E-state index < -0.39 is 10.8 Å². The Morgan fingerprint density at radius 3 is 2.78 bits per heavy atom. The first-order valence-corrected chi connectivity index (χ1v) is 8.31. The fourth-order valence-electron chi connectivity index (χ4n) is 2.27. The molecule has 1 atom stereocenters. The predicted molar refractivity (Wildman–Crippen MR) is 74.9 cm³/mol. The Balaban J connectivity index is 1.87. The van der Waals surface area contributed by atoms with Gasteiger partial charge < -0.3 is 5.32 Å². The summed E-state index contributed by atoms with van der Waals surface area (Å²) in [5.41, 5.74) is 0.965. The van der Waals surface area contributed by atoms with Crippen LogP contribution in [0, 0.1) is 5.92 Å². The Kier molecular flexibility index (Phi) is 4.95. The molecule has 0 aromatic carbocycles. The highest BCUT2D eigenvalue weighted by Crippen LogP contribution is 2.15. The van der Waals surface area contributed by atoms with E-state index in [1.54, 1.807) is 0 Å². The van der Waals surface area contributed by atoms with Crippen molar-refractivity contribution in [2.75, 3.05) is 18.8 Å². The molecule has 1 aliphatic heterocycles. The van der Waals surface area contributed by atoms with Gasteiger partial charge in [0.05, 0.1) is 17.5 Å². The largest absolute Gasteiger partial charge is 0.316 e. The zero-order chi connectivity index (χ0) is 13.0. The van der Waals surface area contributed by atoms with E-state index in [9.17, 15) is 4.21 Å². The van der Waals surface area contributed by atoms with Gasteiger partial charge in [-0.25, -0.2) is 0 Å². The first-order chi connectivity index (χ1) is 8.72. The lowest BCUT2D eigenvalue weighted by atomic mass is 10.1. The molecule has 5 heteroatoms. The van der Waals surface area contributed by atoms with Gasteiger partial charge in [-0.3, -0.25) is 8.89 Å². The van der Waals surface area contributed by atoms with Gasteiger partial charge in [0.15, 0.2) is 0 Å². The summed E-state index contributed by atoms with van der Waals surface area (Å²) >= 11 is 0. The van der Waals surface area contributed by atoms with Gasteiger partial charge in [-0.2, -0.15) is 5.10 Å². The van der Waals surface area contributed by atoms with E-state index in [0.717, 1.165) is 37.4 Å². The number of hydrogen-bond donors (Lipinski definition) is 1. The second-order valence-corrected chi connectivity index (χ2v) is 6.53. The van der Waals surface area contributed by atoms with Crippen LogP contribution < -0.4 is 5.32 Å².